The molecule has 14 heavy (non-hydrogen) atoms. The molecule has 0 bridgehead atoms. The number of rotatable bonds is 2. The Kier molecular flexibility index (Phi) is 2.28. The monoisotopic (exact) mass is 214 g/mol. The molecule has 2 heterocycles. The summed E-state index contributed by atoms with van der Waals surface area (Å²) in [5.74, 6) is 0.579. The zero-order valence-corrected chi connectivity index (χ0v) is 8.21. The number of carboxylic acid groups (broad SMARTS) is 1. The second-order valence-electron chi connectivity index (χ2n) is 3.30. The van der Waals surface area contributed by atoms with Crippen molar-refractivity contribution in [3.63, 3.8) is 0 Å². The van der Waals surface area contributed by atoms with Crippen LogP contribution in [0.25, 0.3) is 0 Å². The van der Waals surface area contributed by atoms with Crippen LogP contribution in [0.15, 0.2) is 16.5 Å². The molecule has 0 spiro atoms. The van der Waals surface area contributed by atoms with Gasteiger partial charge < -0.3 is 14.6 Å². The Bertz CT molecular complexity index is 351. The van der Waals surface area contributed by atoms with E-state index in [0.29, 0.717) is 17.9 Å². The SMILES string of the molecule is O=C(O)c1ccc(C2(O)CCSC2)o1. The summed E-state index contributed by atoms with van der Waals surface area (Å²) < 4.78 is 5.07. The van der Waals surface area contributed by atoms with Crippen molar-refractivity contribution in [2.24, 2.45) is 0 Å². The van der Waals surface area contributed by atoms with E-state index in [9.17, 15) is 9.90 Å². The van der Waals surface area contributed by atoms with Crippen LogP contribution in [0.2, 0.25) is 0 Å². The summed E-state index contributed by atoms with van der Waals surface area (Å²) in [5.41, 5.74) is -0.974. The van der Waals surface area contributed by atoms with Crippen LogP contribution < -0.4 is 0 Å². The van der Waals surface area contributed by atoms with Crippen molar-refractivity contribution in [2.75, 3.05) is 11.5 Å². The second-order valence-corrected chi connectivity index (χ2v) is 4.41. The fourth-order valence-corrected chi connectivity index (χ4v) is 2.70. The number of aliphatic hydroxyl groups is 1. The molecule has 1 saturated heterocycles. The maximum absolute atomic E-state index is 10.6. The quantitative estimate of drug-likeness (QED) is 0.776. The molecular weight excluding hydrogens is 204 g/mol. The van der Waals surface area contributed by atoms with E-state index >= 15 is 0 Å². The van der Waals surface area contributed by atoms with Crippen molar-refractivity contribution < 1.29 is 19.4 Å². The Hall–Kier alpha value is -0.940. The molecule has 5 heteroatoms. The number of hydrogen-bond donors (Lipinski definition) is 2. The fraction of sp³-hybridized carbons (Fsp3) is 0.444. The van der Waals surface area contributed by atoms with E-state index < -0.39 is 11.6 Å². The van der Waals surface area contributed by atoms with Crippen molar-refractivity contribution in [3.05, 3.63) is 23.7 Å². The number of carboxylic acids is 1. The molecule has 2 N–H and O–H groups in total. The van der Waals surface area contributed by atoms with Gasteiger partial charge in [0.2, 0.25) is 5.76 Å². The lowest BCUT2D eigenvalue weighted by molar-refractivity contribution is 0.0387. The Labute approximate surface area is 84.9 Å². The van der Waals surface area contributed by atoms with Crippen molar-refractivity contribution in [3.8, 4) is 0 Å². The van der Waals surface area contributed by atoms with Gasteiger partial charge in [0.25, 0.3) is 0 Å². The van der Waals surface area contributed by atoms with E-state index in [-0.39, 0.29) is 5.76 Å². The first-order valence-corrected chi connectivity index (χ1v) is 5.41. The zero-order valence-electron chi connectivity index (χ0n) is 7.40. The van der Waals surface area contributed by atoms with Crippen LogP contribution in [0.5, 0.6) is 0 Å². The van der Waals surface area contributed by atoms with Crippen molar-refractivity contribution in [1.82, 2.24) is 0 Å². The second kappa shape index (κ2) is 3.33. The normalized spacial score (nSPS) is 26.6. The van der Waals surface area contributed by atoms with Crippen LogP contribution in [-0.4, -0.2) is 27.7 Å². The summed E-state index contributed by atoms with van der Waals surface area (Å²) in [6.45, 7) is 0. The van der Waals surface area contributed by atoms with Gasteiger partial charge >= 0.3 is 5.97 Å². The van der Waals surface area contributed by atoms with E-state index in [0.717, 1.165) is 5.75 Å². The summed E-state index contributed by atoms with van der Waals surface area (Å²) in [5, 5.41) is 18.7. The first kappa shape index (κ1) is 9.61. The van der Waals surface area contributed by atoms with Gasteiger partial charge in [-0.3, -0.25) is 0 Å². The van der Waals surface area contributed by atoms with Crippen molar-refractivity contribution in [2.45, 2.75) is 12.0 Å². The molecule has 0 amide bonds. The van der Waals surface area contributed by atoms with Crippen LogP contribution >= 0.6 is 11.8 Å². The number of furan rings is 1. The van der Waals surface area contributed by atoms with Crippen LogP contribution in [0, 0.1) is 0 Å². The summed E-state index contributed by atoms with van der Waals surface area (Å²) in [4.78, 5) is 10.6. The molecule has 1 aromatic rings. The highest BCUT2D eigenvalue weighted by Gasteiger charge is 2.37. The number of hydrogen-bond acceptors (Lipinski definition) is 4. The molecule has 0 aromatic carbocycles. The van der Waals surface area contributed by atoms with Crippen LogP contribution in [0.4, 0.5) is 0 Å². The van der Waals surface area contributed by atoms with Gasteiger partial charge in [0, 0.05) is 5.75 Å². The van der Waals surface area contributed by atoms with Gasteiger partial charge in [0.15, 0.2) is 0 Å². The van der Waals surface area contributed by atoms with E-state index in [1.165, 1.54) is 12.1 Å². The first-order chi connectivity index (χ1) is 6.62. The molecule has 0 aliphatic carbocycles. The van der Waals surface area contributed by atoms with Gasteiger partial charge in [-0.15, -0.1) is 0 Å². The summed E-state index contributed by atoms with van der Waals surface area (Å²) in [7, 11) is 0. The maximum Gasteiger partial charge on any atom is 0.371 e. The van der Waals surface area contributed by atoms with E-state index in [4.69, 9.17) is 9.52 Å². The predicted octanol–water partition coefficient (Wildman–Crippen LogP) is 1.30. The maximum atomic E-state index is 10.6. The van der Waals surface area contributed by atoms with Gasteiger partial charge in [-0.25, -0.2) is 4.79 Å². The standard InChI is InChI=1S/C9H10O4S/c10-8(11)6-1-2-7(13-6)9(12)3-4-14-5-9/h1-2,12H,3-5H2,(H,10,11). The molecule has 1 fully saturated rings. The number of carbonyl (C=O) groups is 1. The van der Waals surface area contributed by atoms with Gasteiger partial charge in [0.1, 0.15) is 11.4 Å². The molecule has 0 saturated carbocycles. The van der Waals surface area contributed by atoms with Gasteiger partial charge in [-0.2, -0.15) is 11.8 Å². The fourth-order valence-electron chi connectivity index (χ4n) is 1.45. The highest BCUT2D eigenvalue weighted by molar-refractivity contribution is 7.99. The number of thioether (sulfide) groups is 1. The van der Waals surface area contributed by atoms with E-state index in [1.807, 2.05) is 0 Å². The molecule has 1 atom stereocenters. The molecule has 1 aromatic heterocycles. The van der Waals surface area contributed by atoms with Crippen molar-refractivity contribution in [1.29, 1.82) is 0 Å². The van der Waals surface area contributed by atoms with Crippen LogP contribution in [0.1, 0.15) is 22.7 Å². The minimum Gasteiger partial charge on any atom is -0.475 e. The van der Waals surface area contributed by atoms with Crippen LogP contribution in [0.3, 0.4) is 0 Å². The van der Waals surface area contributed by atoms with E-state index in [1.54, 1.807) is 11.8 Å². The van der Waals surface area contributed by atoms with E-state index in [2.05, 4.69) is 0 Å². The van der Waals surface area contributed by atoms with Gasteiger partial charge in [-0.05, 0) is 24.3 Å². The molecular formula is C9H10O4S. The largest absolute Gasteiger partial charge is 0.475 e. The predicted molar refractivity (Wildman–Crippen MR) is 51.5 cm³/mol. The third-order valence-electron chi connectivity index (χ3n) is 2.28. The first-order valence-electron chi connectivity index (χ1n) is 4.25. The summed E-state index contributed by atoms with van der Waals surface area (Å²) in [6, 6.07) is 2.91. The highest BCUT2D eigenvalue weighted by atomic mass is 32.2. The third-order valence-corrected chi connectivity index (χ3v) is 3.45. The average Bonchev–Trinajstić information content (AvgIpc) is 2.71. The Morgan fingerprint density at radius 1 is 1.57 bits per heavy atom. The highest BCUT2D eigenvalue weighted by Crippen LogP contribution is 2.37. The Morgan fingerprint density at radius 3 is 2.86 bits per heavy atom. The molecule has 1 aliphatic rings. The third kappa shape index (κ3) is 1.53. The molecule has 76 valence electrons. The molecule has 2 rings (SSSR count). The average molecular weight is 214 g/mol. The lowest BCUT2D eigenvalue weighted by Crippen LogP contribution is -2.23. The minimum atomic E-state index is -1.11. The Morgan fingerprint density at radius 2 is 2.36 bits per heavy atom. The topological polar surface area (TPSA) is 70.7 Å². The summed E-state index contributed by atoms with van der Waals surface area (Å²) in [6.07, 6.45) is 0.615. The molecule has 0 radical (unpaired) electrons. The number of aromatic carboxylic acids is 1. The molecule has 1 unspecified atom stereocenters. The lowest BCUT2D eigenvalue weighted by Gasteiger charge is -2.17. The Balaban J connectivity index is 2.28. The van der Waals surface area contributed by atoms with Gasteiger partial charge in [-0.1, -0.05) is 0 Å². The molecule has 4 nitrogen and oxygen atoms in total. The minimum absolute atomic E-state index is 0.120. The zero-order chi connectivity index (χ0) is 10.2. The lowest BCUT2D eigenvalue weighted by atomic mass is 10.0. The smallest absolute Gasteiger partial charge is 0.371 e. The van der Waals surface area contributed by atoms with Gasteiger partial charge in [0.05, 0.1) is 0 Å². The summed E-state index contributed by atoms with van der Waals surface area (Å²) >= 11 is 1.64. The molecule has 1 aliphatic heterocycles. The van der Waals surface area contributed by atoms with Crippen LogP contribution in [-0.2, 0) is 5.60 Å². The van der Waals surface area contributed by atoms with Crippen molar-refractivity contribution >= 4 is 17.7 Å².